The van der Waals surface area contributed by atoms with Crippen LogP contribution in [-0.2, 0) is 11.2 Å². The summed E-state index contributed by atoms with van der Waals surface area (Å²) in [5.41, 5.74) is 0.934. The van der Waals surface area contributed by atoms with Gasteiger partial charge >= 0.3 is 0 Å². The van der Waals surface area contributed by atoms with E-state index in [0.717, 1.165) is 5.56 Å². The molecule has 0 bridgehead atoms. The number of aromatic amines is 1. The van der Waals surface area contributed by atoms with Gasteiger partial charge in [0.25, 0.3) is 0 Å². The average Bonchev–Trinajstić information content (AvgIpc) is 3.30. The zero-order valence-electron chi connectivity index (χ0n) is 15.8. The molecule has 3 aromatic rings. The Labute approximate surface area is 157 Å². The number of hydrogen-bond donors (Lipinski definition) is 2. The molecule has 0 saturated carbocycles. The van der Waals surface area contributed by atoms with Crippen molar-refractivity contribution in [2.24, 2.45) is 0 Å². The van der Waals surface area contributed by atoms with Gasteiger partial charge in [-0.25, -0.2) is 4.98 Å². The van der Waals surface area contributed by atoms with Crippen LogP contribution in [0.2, 0.25) is 0 Å². The van der Waals surface area contributed by atoms with Crippen LogP contribution in [0, 0.1) is 6.92 Å². The van der Waals surface area contributed by atoms with Crippen molar-refractivity contribution in [2.75, 3.05) is 0 Å². The fourth-order valence-electron chi connectivity index (χ4n) is 2.67. The Balaban J connectivity index is 1.59. The molecule has 0 aliphatic carbocycles. The fraction of sp³-hybridized carbons (Fsp3) is 0.421. The molecule has 2 aromatic heterocycles. The van der Waals surface area contributed by atoms with Gasteiger partial charge in [0.2, 0.25) is 11.8 Å². The second-order valence-electron chi connectivity index (χ2n) is 6.74. The van der Waals surface area contributed by atoms with E-state index in [1.54, 1.807) is 0 Å². The van der Waals surface area contributed by atoms with Gasteiger partial charge in [-0.3, -0.25) is 9.89 Å². The maximum atomic E-state index is 12.5. The molecular formula is C19H24N6O2. The number of hydrogen-bond acceptors (Lipinski definition) is 6. The summed E-state index contributed by atoms with van der Waals surface area (Å²) in [7, 11) is 0. The molecule has 0 aliphatic rings. The van der Waals surface area contributed by atoms with Crippen LogP contribution < -0.4 is 5.32 Å². The van der Waals surface area contributed by atoms with Crippen molar-refractivity contribution >= 4 is 5.91 Å². The Hall–Kier alpha value is -3.03. The number of aryl methyl sites for hydroxylation is 2. The Bertz CT molecular complexity index is 871. The third kappa shape index (κ3) is 4.99. The van der Waals surface area contributed by atoms with Crippen LogP contribution in [0.4, 0.5) is 0 Å². The second kappa shape index (κ2) is 8.57. The van der Waals surface area contributed by atoms with E-state index in [-0.39, 0.29) is 17.9 Å². The first kappa shape index (κ1) is 18.8. The lowest BCUT2D eigenvalue weighted by Crippen LogP contribution is -2.30. The second-order valence-corrected chi connectivity index (χ2v) is 6.74. The number of nitrogens with zero attached hydrogens (tertiary/aromatic N) is 4. The first-order chi connectivity index (χ1) is 13.0. The maximum absolute atomic E-state index is 12.5. The third-order valence-corrected chi connectivity index (χ3v) is 4.11. The maximum Gasteiger partial charge on any atom is 0.226 e. The van der Waals surface area contributed by atoms with Gasteiger partial charge in [0, 0.05) is 18.8 Å². The molecule has 0 saturated heterocycles. The lowest BCUT2D eigenvalue weighted by atomic mass is 10.1. The van der Waals surface area contributed by atoms with Gasteiger partial charge < -0.3 is 9.84 Å². The lowest BCUT2D eigenvalue weighted by Gasteiger charge is -2.16. The van der Waals surface area contributed by atoms with Crippen LogP contribution in [0.3, 0.4) is 0 Å². The van der Waals surface area contributed by atoms with Crippen LogP contribution in [0.25, 0.3) is 0 Å². The molecule has 2 N–H and O–H groups in total. The minimum absolute atomic E-state index is 0.0742. The van der Waals surface area contributed by atoms with Crippen molar-refractivity contribution in [3.05, 3.63) is 59.3 Å². The largest absolute Gasteiger partial charge is 0.342 e. The number of carbonyl (C=O) groups is 1. The monoisotopic (exact) mass is 368 g/mol. The summed E-state index contributed by atoms with van der Waals surface area (Å²) in [5.74, 6) is 2.66. The molecule has 1 aromatic carbocycles. The smallest absolute Gasteiger partial charge is 0.226 e. The molecule has 0 radical (unpaired) electrons. The normalized spacial score (nSPS) is 12.3. The molecule has 142 valence electrons. The SMILES string of the molecule is Cc1nc(C(NC(=O)CCCc2nc(C(C)C)no2)c2ccccc2)n[nH]1. The molecule has 27 heavy (non-hydrogen) atoms. The standard InChI is InChI=1S/C19H24N6O2/c1-12(2)18-22-16(27-25-18)11-7-10-15(26)21-17(14-8-5-4-6-9-14)19-20-13(3)23-24-19/h4-6,8-9,12,17H,7,10-11H2,1-3H3,(H,21,26)(H,20,23,24). The summed E-state index contributed by atoms with van der Waals surface area (Å²) in [4.78, 5) is 21.2. The zero-order valence-corrected chi connectivity index (χ0v) is 15.8. The Morgan fingerprint density at radius 3 is 2.59 bits per heavy atom. The van der Waals surface area contributed by atoms with Crippen LogP contribution in [0.1, 0.15) is 67.6 Å². The minimum atomic E-state index is -0.389. The Morgan fingerprint density at radius 2 is 1.96 bits per heavy atom. The number of benzene rings is 1. The lowest BCUT2D eigenvalue weighted by molar-refractivity contribution is -0.121. The molecule has 1 amide bonds. The molecule has 8 heteroatoms. The third-order valence-electron chi connectivity index (χ3n) is 4.11. The van der Waals surface area contributed by atoms with E-state index in [1.165, 1.54) is 0 Å². The number of nitrogens with one attached hydrogen (secondary N) is 2. The van der Waals surface area contributed by atoms with Gasteiger partial charge in [-0.1, -0.05) is 49.3 Å². The highest BCUT2D eigenvalue weighted by Gasteiger charge is 2.20. The first-order valence-corrected chi connectivity index (χ1v) is 9.08. The minimum Gasteiger partial charge on any atom is -0.342 e. The van der Waals surface area contributed by atoms with Crippen molar-refractivity contribution in [1.82, 2.24) is 30.6 Å². The van der Waals surface area contributed by atoms with Gasteiger partial charge in [0.05, 0.1) is 0 Å². The highest BCUT2D eigenvalue weighted by molar-refractivity contribution is 5.76. The molecule has 2 heterocycles. The van der Waals surface area contributed by atoms with Crippen LogP contribution in [0.5, 0.6) is 0 Å². The molecule has 0 spiro atoms. The number of carbonyl (C=O) groups excluding carboxylic acids is 1. The van der Waals surface area contributed by atoms with Gasteiger partial charge in [-0.15, -0.1) is 0 Å². The molecule has 8 nitrogen and oxygen atoms in total. The summed E-state index contributed by atoms with van der Waals surface area (Å²) >= 11 is 0. The number of aromatic nitrogens is 5. The van der Waals surface area contributed by atoms with E-state index < -0.39 is 0 Å². The van der Waals surface area contributed by atoms with Gasteiger partial charge in [-0.05, 0) is 18.9 Å². The van der Waals surface area contributed by atoms with E-state index in [4.69, 9.17) is 4.52 Å². The number of rotatable bonds is 8. The predicted molar refractivity (Wildman–Crippen MR) is 98.9 cm³/mol. The Kier molecular flexibility index (Phi) is 5.95. The van der Waals surface area contributed by atoms with Crippen LogP contribution in [-0.4, -0.2) is 31.2 Å². The summed E-state index contributed by atoms with van der Waals surface area (Å²) < 4.78 is 5.21. The van der Waals surface area contributed by atoms with Crippen LogP contribution in [0.15, 0.2) is 34.9 Å². The van der Waals surface area contributed by atoms with Crippen molar-refractivity contribution in [3.8, 4) is 0 Å². The van der Waals surface area contributed by atoms with Crippen molar-refractivity contribution < 1.29 is 9.32 Å². The van der Waals surface area contributed by atoms with E-state index in [2.05, 4.69) is 30.6 Å². The zero-order chi connectivity index (χ0) is 19.2. The number of amides is 1. The van der Waals surface area contributed by atoms with Gasteiger partial charge in [-0.2, -0.15) is 10.1 Å². The van der Waals surface area contributed by atoms with Gasteiger partial charge in [0.1, 0.15) is 11.9 Å². The summed E-state index contributed by atoms with van der Waals surface area (Å²) in [6.45, 7) is 5.85. The molecule has 0 aliphatic heterocycles. The van der Waals surface area contributed by atoms with E-state index in [1.807, 2.05) is 51.1 Å². The highest BCUT2D eigenvalue weighted by Crippen LogP contribution is 2.19. The predicted octanol–water partition coefficient (Wildman–Crippen LogP) is 2.85. The first-order valence-electron chi connectivity index (χ1n) is 9.08. The summed E-state index contributed by atoms with van der Waals surface area (Å²) in [6, 6.07) is 9.29. The van der Waals surface area contributed by atoms with Crippen molar-refractivity contribution in [1.29, 1.82) is 0 Å². The fourth-order valence-corrected chi connectivity index (χ4v) is 2.67. The van der Waals surface area contributed by atoms with Crippen LogP contribution >= 0.6 is 0 Å². The molecular weight excluding hydrogens is 344 g/mol. The van der Waals surface area contributed by atoms with Gasteiger partial charge in [0.15, 0.2) is 11.6 Å². The van der Waals surface area contributed by atoms with E-state index in [9.17, 15) is 4.79 Å². The topological polar surface area (TPSA) is 110 Å². The quantitative estimate of drug-likeness (QED) is 0.633. The molecule has 1 atom stereocenters. The molecule has 1 unspecified atom stereocenters. The summed E-state index contributed by atoms with van der Waals surface area (Å²) in [5, 5.41) is 14.0. The number of H-pyrrole nitrogens is 1. The van der Waals surface area contributed by atoms with E-state index >= 15 is 0 Å². The molecule has 0 fully saturated rings. The van der Waals surface area contributed by atoms with Crippen molar-refractivity contribution in [3.63, 3.8) is 0 Å². The average molecular weight is 368 g/mol. The Morgan fingerprint density at radius 1 is 1.19 bits per heavy atom. The molecule has 3 rings (SSSR count). The summed E-state index contributed by atoms with van der Waals surface area (Å²) in [6.07, 6.45) is 1.55. The van der Waals surface area contributed by atoms with E-state index in [0.29, 0.717) is 42.6 Å². The van der Waals surface area contributed by atoms with Crippen molar-refractivity contribution in [2.45, 2.75) is 52.0 Å². The highest BCUT2D eigenvalue weighted by atomic mass is 16.5.